The van der Waals surface area contributed by atoms with Gasteiger partial charge in [0.05, 0.1) is 0 Å². The first kappa shape index (κ1) is 61.4. The van der Waals surface area contributed by atoms with Crippen molar-refractivity contribution in [2.24, 2.45) is 17.8 Å². The van der Waals surface area contributed by atoms with Gasteiger partial charge in [0.15, 0.2) is 6.10 Å². The third kappa shape index (κ3) is 49.7. The van der Waals surface area contributed by atoms with E-state index in [0.717, 1.165) is 75.5 Å². The van der Waals surface area contributed by atoms with Crippen molar-refractivity contribution in [2.45, 2.75) is 317 Å². The fraction of sp³-hybridized carbons (Fsp3) is 0.947. The van der Waals surface area contributed by atoms with E-state index in [-0.39, 0.29) is 31.1 Å². The van der Waals surface area contributed by atoms with Gasteiger partial charge in [-0.3, -0.25) is 14.4 Å². The highest BCUT2D eigenvalue weighted by molar-refractivity contribution is 5.71. The molecular weight excluding hydrogens is 781 g/mol. The maximum Gasteiger partial charge on any atom is 0.306 e. The molecule has 0 fully saturated rings. The van der Waals surface area contributed by atoms with Crippen molar-refractivity contribution in [1.82, 2.24) is 0 Å². The maximum absolute atomic E-state index is 12.8. The number of unbranched alkanes of at least 4 members (excludes halogenated alkanes) is 32. The zero-order valence-electron chi connectivity index (χ0n) is 43.4. The lowest BCUT2D eigenvalue weighted by molar-refractivity contribution is -0.167. The summed E-state index contributed by atoms with van der Waals surface area (Å²) in [4.78, 5) is 38.0. The standard InChI is InChI=1S/C57H110O6/c1-7-53(6)45-39-33-26-22-18-14-11-12-16-20-24-28-36-42-48-57(60)63-54(50-62-56(59)47-41-35-30-29-32-38-44-52(4)5)49-61-55(58)46-40-34-27-23-19-15-10-8-9-13-17-21-25-31-37-43-51(2)3/h51-54H,7-50H2,1-6H3/t53?,54-/m1/s1. The monoisotopic (exact) mass is 891 g/mol. The molecule has 0 amide bonds. The normalized spacial score (nSPS) is 12.6. The van der Waals surface area contributed by atoms with E-state index >= 15 is 0 Å². The van der Waals surface area contributed by atoms with E-state index in [1.165, 1.54) is 193 Å². The SMILES string of the molecule is CCC(C)CCCCCCCCCCCCCCCCC(=O)O[C@H](COC(=O)CCCCCCCCCCCCCCCCCC(C)C)COC(=O)CCCCCCCCC(C)C. The second-order valence-electron chi connectivity index (χ2n) is 20.8. The molecule has 1 unspecified atom stereocenters. The Morgan fingerprint density at radius 2 is 0.556 bits per heavy atom. The Morgan fingerprint density at radius 3 is 0.825 bits per heavy atom. The lowest BCUT2D eigenvalue weighted by atomic mass is 9.99. The van der Waals surface area contributed by atoms with Gasteiger partial charge in [0, 0.05) is 19.3 Å². The first-order valence-electron chi connectivity index (χ1n) is 28.1. The summed E-state index contributed by atoms with van der Waals surface area (Å²) in [5.41, 5.74) is 0. The number of rotatable bonds is 50. The molecule has 0 saturated carbocycles. The summed E-state index contributed by atoms with van der Waals surface area (Å²) >= 11 is 0. The van der Waals surface area contributed by atoms with Crippen molar-refractivity contribution in [3.63, 3.8) is 0 Å². The molecule has 63 heavy (non-hydrogen) atoms. The van der Waals surface area contributed by atoms with Crippen LogP contribution < -0.4 is 0 Å². The van der Waals surface area contributed by atoms with Gasteiger partial charge in [-0.05, 0) is 37.0 Å². The van der Waals surface area contributed by atoms with Gasteiger partial charge in [-0.1, -0.05) is 273 Å². The second-order valence-corrected chi connectivity index (χ2v) is 20.8. The summed E-state index contributed by atoms with van der Waals surface area (Å²) in [7, 11) is 0. The van der Waals surface area contributed by atoms with E-state index in [1.807, 2.05) is 0 Å². The summed E-state index contributed by atoms with van der Waals surface area (Å²) < 4.78 is 16.8. The van der Waals surface area contributed by atoms with E-state index in [1.54, 1.807) is 0 Å². The number of hydrogen-bond donors (Lipinski definition) is 0. The minimum atomic E-state index is -0.763. The van der Waals surface area contributed by atoms with E-state index < -0.39 is 6.10 Å². The topological polar surface area (TPSA) is 78.9 Å². The van der Waals surface area contributed by atoms with E-state index in [0.29, 0.717) is 19.3 Å². The molecule has 2 atom stereocenters. The lowest BCUT2D eigenvalue weighted by Crippen LogP contribution is -2.30. The largest absolute Gasteiger partial charge is 0.462 e. The van der Waals surface area contributed by atoms with Gasteiger partial charge in [-0.2, -0.15) is 0 Å². The Bertz CT molecular complexity index is 978. The second kappa shape index (κ2) is 48.3. The lowest BCUT2D eigenvalue weighted by Gasteiger charge is -2.18. The molecule has 0 N–H and O–H groups in total. The summed E-state index contributed by atoms with van der Waals surface area (Å²) in [5.74, 6) is 1.66. The predicted octanol–water partition coefficient (Wildman–Crippen LogP) is 18.3. The minimum Gasteiger partial charge on any atom is -0.462 e. The molecule has 0 aromatic heterocycles. The van der Waals surface area contributed by atoms with Gasteiger partial charge in [0.2, 0.25) is 0 Å². The van der Waals surface area contributed by atoms with Crippen LogP contribution in [0.1, 0.15) is 311 Å². The van der Waals surface area contributed by atoms with Crippen LogP contribution in [0, 0.1) is 17.8 Å². The van der Waals surface area contributed by atoms with E-state index in [9.17, 15) is 14.4 Å². The fourth-order valence-corrected chi connectivity index (χ4v) is 8.61. The molecule has 0 aliphatic carbocycles. The molecule has 6 heteroatoms. The molecule has 0 spiro atoms. The van der Waals surface area contributed by atoms with Crippen LogP contribution in [0.2, 0.25) is 0 Å². The molecule has 0 radical (unpaired) electrons. The maximum atomic E-state index is 12.8. The minimum absolute atomic E-state index is 0.0646. The first-order valence-corrected chi connectivity index (χ1v) is 28.1. The van der Waals surface area contributed by atoms with Gasteiger partial charge in [-0.25, -0.2) is 0 Å². The number of carbonyl (C=O) groups excluding carboxylic acids is 3. The molecule has 0 aromatic carbocycles. The Morgan fingerprint density at radius 1 is 0.317 bits per heavy atom. The fourth-order valence-electron chi connectivity index (χ4n) is 8.61. The van der Waals surface area contributed by atoms with E-state index in [4.69, 9.17) is 14.2 Å². The average molecular weight is 892 g/mol. The number of carbonyl (C=O) groups is 3. The smallest absolute Gasteiger partial charge is 0.306 e. The Hall–Kier alpha value is -1.59. The third-order valence-corrected chi connectivity index (χ3v) is 13.3. The highest BCUT2D eigenvalue weighted by atomic mass is 16.6. The van der Waals surface area contributed by atoms with Crippen LogP contribution >= 0.6 is 0 Å². The first-order chi connectivity index (χ1) is 30.6. The van der Waals surface area contributed by atoms with Crippen LogP contribution in [-0.2, 0) is 28.6 Å². The third-order valence-electron chi connectivity index (χ3n) is 13.3. The van der Waals surface area contributed by atoms with Crippen LogP contribution in [0.5, 0.6) is 0 Å². The van der Waals surface area contributed by atoms with Crippen molar-refractivity contribution in [1.29, 1.82) is 0 Å². The van der Waals surface area contributed by atoms with Crippen molar-refractivity contribution >= 4 is 17.9 Å². The van der Waals surface area contributed by atoms with Crippen LogP contribution in [-0.4, -0.2) is 37.2 Å². The molecular formula is C57H110O6. The van der Waals surface area contributed by atoms with Gasteiger partial charge in [0.25, 0.3) is 0 Å². The van der Waals surface area contributed by atoms with Crippen LogP contribution in [0.4, 0.5) is 0 Å². The highest BCUT2D eigenvalue weighted by Gasteiger charge is 2.19. The highest BCUT2D eigenvalue weighted by Crippen LogP contribution is 2.19. The zero-order chi connectivity index (χ0) is 46.3. The van der Waals surface area contributed by atoms with Crippen LogP contribution in [0.15, 0.2) is 0 Å². The average Bonchev–Trinajstić information content (AvgIpc) is 3.25. The van der Waals surface area contributed by atoms with Crippen LogP contribution in [0.3, 0.4) is 0 Å². The predicted molar refractivity (Wildman–Crippen MR) is 270 cm³/mol. The molecule has 0 saturated heterocycles. The van der Waals surface area contributed by atoms with Crippen molar-refractivity contribution in [3.05, 3.63) is 0 Å². The van der Waals surface area contributed by atoms with E-state index in [2.05, 4.69) is 41.5 Å². The van der Waals surface area contributed by atoms with Crippen molar-refractivity contribution in [3.8, 4) is 0 Å². The molecule has 0 aliphatic rings. The summed E-state index contributed by atoms with van der Waals surface area (Å²) in [6.45, 7) is 13.7. The summed E-state index contributed by atoms with van der Waals surface area (Å²) in [5, 5.41) is 0. The molecule has 0 aliphatic heterocycles. The molecule has 0 aromatic rings. The van der Waals surface area contributed by atoms with Gasteiger partial charge >= 0.3 is 17.9 Å². The zero-order valence-corrected chi connectivity index (χ0v) is 43.4. The molecule has 374 valence electrons. The number of hydrogen-bond acceptors (Lipinski definition) is 6. The molecule has 6 nitrogen and oxygen atoms in total. The summed E-state index contributed by atoms with van der Waals surface area (Å²) in [6, 6.07) is 0. The van der Waals surface area contributed by atoms with Crippen LogP contribution in [0.25, 0.3) is 0 Å². The molecule has 0 heterocycles. The molecule has 0 rings (SSSR count). The Balaban J connectivity index is 4.23. The van der Waals surface area contributed by atoms with Crippen molar-refractivity contribution in [2.75, 3.05) is 13.2 Å². The molecule has 0 bridgehead atoms. The van der Waals surface area contributed by atoms with Crippen molar-refractivity contribution < 1.29 is 28.6 Å². The van der Waals surface area contributed by atoms with Gasteiger partial charge in [-0.15, -0.1) is 0 Å². The van der Waals surface area contributed by atoms with Gasteiger partial charge < -0.3 is 14.2 Å². The number of ether oxygens (including phenoxy) is 3. The van der Waals surface area contributed by atoms with Gasteiger partial charge in [0.1, 0.15) is 13.2 Å². The quantitative estimate of drug-likeness (QED) is 0.0344. The summed E-state index contributed by atoms with van der Waals surface area (Å²) in [6.07, 6.45) is 49.6. The Kier molecular flexibility index (Phi) is 47.1. The Labute approximate surface area is 393 Å². The number of esters is 3.